The average molecular weight is 362 g/mol. The van der Waals surface area contributed by atoms with E-state index in [2.05, 4.69) is 11.1 Å². The molecule has 0 saturated carbocycles. The van der Waals surface area contributed by atoms with Crippen LogP contribution in [-0.4, -0.2) is 25.3 Å². The van der Waals surface area contributed by atoms with Gasteiger partial charge in [-0.3, -0.25) is 0 Å². The van der Waals surface area contributed by atoms with Gasteiger partial charge in [0.05, 0.1) is 17.9 Å². The van der Waals surface area contributed by atoms with Crippen LogP contribution in [0.3, 0.4) is 0 Å². The standard InChI is InChI=1S/C21H18N2O2S/c1-24-10-11-25-19-9-5-6-16(13-19)12-18(14-22)21-23-20(15-26-21)17-7-3-2-4-8-17/h2-9,12-13,15H,10-11H2,1H3/b18-12+. The molecule has 0 spiro atoms. The number of thiazole rings is 1. The number of rotatable bonds is 7. The quantitative estimate of drug-likeness (QED) is 0.443. The van der Waals surface area contributed by atoms with E-state index in [1.807, 2.05) is 66.1 Å². The lowest BCUT2D eigenvalue weighted by atomic mass is 10.1. The molecule has 1 heterocycles. The molecular formula is C21H18N2O2S. The third-order valence-electron chi connectivity index (χ3n) is 3.65. The van der Waals surface area contributed by atoms with Crippen molar-refractivity contribution in [3.8, 4) is 23.1 Å². The third-order valence-corrected chi connectivity index (χ3v) is 4.53. The molecule has 0 bridgehead atoms. The molecule has 3 rings (SSSR count). The van der Waals surface area contributed by atoms with Gasteiger partial charge < -0.3 is 9.47 Å². The van der Waals surface area contributed by atoms with Crippen molar-refractivity contribution >= 4 is 23.0 Å². The summed E-state index contributed by atoms with van der Waals surface area (Å²) in [6, 6.07) is 19.8. The second-order valence-corrected chi connectivity index (χ2v) is 6.35. The van der Waals surface area contributed by atoms with Crippen LogP contribution >= 0.6 is 11.3 Å². The fourth-order valence-corrected chi connectivity index (χ4v) is 3.18. The minimum absolute atomic E-state index is 0.488. The molecule has 5 heteroatoms. The Kier molecular flexibility index (Phi) is 6.15. The van der Waals surface area contributed by atoms with E-state index in [-0.39, 0.29) is 0 Å². The van der Waals surface area contributed by atoms with E-state index < -0.39 is 0 Å². The fraction of sp³-hybridized carbons (Fsp3) is 0.143. The minimum atomic E-state index is 0.488. The highest BCUT2D eigenvalue weighted by atomic mass is 32.1. The van der Waals surface area contributed by atoms with Crippen molar-refractivity contribution in [1.29, 1.82) is 5.26 Å². The number of nitriles is 1. The van der Waals surface area contributed by atoms with Crippen LogP contribution in [0.2, 0.25) is 0 Å². The molecule has 0 saturated heterocycles. The molecule has 0 aliphatic carbocycles. The van der Waals surface area contributed by atoms with Gasteiger partial charge >= 0.3 is 0 Å². The van der Waals surface area contributed by atoms with Crippen LogP contribution in [0.25, 0.3) is 22.9 Å². The second-order valence-electron chi connectivity index (χ2n) is 5.49. The molecule has 0 fully saturated rings. The third kappa shape index (κ3) is 4.57. The molecular weight excluding hydrogens is 344 g/mol. The van der Waals surface area contributed by atoms with Gasteiger partial charge in [-0.1, -0.05) is 42.5 Å². The van der Waals surface area contributed by atoms with Crippen molar-refractivity contribution in [2.75, 3.05) is 20.3 Å². The first-order chi connectivity index (χ1) is 12.8. The van der Waals surface area contributed by atoms with Gasteiger partial charge in [-0.05, 0) is 23.8 Å². The number of allylic oxidation sites excluding steroid dienone is 1. The van der Waals surface area contributed by atoms with E-state index >= 15 is 0 Å². The summed E-state index contributed by atoms with van der Waals surface area (Å²) in [5.41, 5.74) is 3.35. The van der Waals surface area contributed by atoms with Gasteiger partial charge in [0, 0.05) is 18.1 Å². The zero-order chi connectivity index (χ0) is 18.2. The Morgan fingerprint density at radius 1 is 1.15 bits per heavy atom. The van der Waals surface area contributed by atoms with Crippen molar-refractivity contribution in [2.45, 2.75) is 0 Å². The van der Waals surface area contributed by atoms with Crippen LogP contribution in [0.5, 0.6) is 5.75 Å². The molecule has 26 heavy (non-hydrogen) atoms. The SMILES string of the molecule is COCCOc1cccc(/C=C(\C#N)c2nc(-c3ccccc3)cs2)c1. The maximum absolute atomic E-state index is 9.56. The van der Waals surface area contributed by atoms with E-state index in [9.17, 15) is 5.26 Å². The van der Waals surface area contributed by atoms with E-state index in [0.717, 1.165) is 22.6 Å². The molecule has 0 N–H and O–H groups in total. The molecule has 0 amide bonds. The van der Waals surface area contributed by atoms with E-state index in [1.165, 1.54) is 11.3 Å². The number of ether oxygens (including phenoxy) is 2. The molecule has 0 aliphatic heterocycles. The van der Waals surface area contributed by atoms with Crippen molar-refractivity contribution < 1.29 is 9.47 Å². The van der Waals surface area contributed by atoms with E-state index in [0.29, 0.717) is 23.8 Å². The van der Waals surface area contributed by atoms with Gasteiger partial charge in [0.1, 0.15) is 23.4 Å². The number of aromatic nitrogens is 1. The first kappa shape index (κ1) is 17.9. The van der Waals surface area contributed by atoms with Crippen LogP contribution in [0.15, 0.2) is 60.0 Å². The van der Waals surface area contributed by atoms with Gasteiger partial charge in [-0.25, -0.2) is 4.98 Å². The van der Waals surface area contributed by atoms with Gasteiger partial charge in [0.15, 0.2) is 0 Å². The fourth-order valence-electron chi connectivity index (χ4n) is 2.38. The van der Waals surface area contributed by atoms with Crippen molar-refractivity contribution in [1.82, 2.24) is 4.98 Å². The summed E-state index contributed by atoms with van der Waals surface area (Å²) in [7, 11) is 1.64. The van der Waals surface area contributed by atoms with Gasteiger partial charge in [-0.2, -0.15) is 5.26 Å². The summed E-state index contributed by atoms with van der Waals surface area (Å²) in [4.78, 5) is 4.61. The zero-order valence-electron chi connectivity index (χ0n) is 14.4. The molecule has 0 aliphatic rings. The van der Waals surface area contributed by atoms with Crippen molar-refractivity contribution in [3.63, 3.8) is 0 Å². The Balaban J connectivity index is 1.82. The first-order valence-corrected chi connectivity index (χ1v) is 9.03. The summed E-state index contributed by atoms with van der Waals surface area (Å²) in [6.07, 6.45) is 1.83. The zero-order valence-corrected chi connectivity index (χ0v) is 15.2. The maximum atomic E-state index is 9.56. The minimum Gasteiger partial charge on any atom is -0.491 e. The second kappa shape index (κ2) is 8.95. The summed E-state index contributed by atoms with van der Waals surface area (Å²) < 4.78 is 10.6. The Morgan fingerprint density at radius 2 is 2.00 bits per heavy atom. The molecule has 0 radical (unpaired) electrons. The first-order valence-electron chi connectivity index (χ1n) is 8.15. The van der Waals surface area contributed by atoms with Crippen LogP contribution < -0.4 is 4.74 Å². The van der Waals surface area contributed by atoms with Gasteiger partial charge in [-0.15, -0.1) is 11.3 Å². The normalized spacial score (nSPS) is 11.2. The van der Waals surface area contributed by atoms with Crippen LogP contribution in [0.1, 0.15) is 10.6 Å². The summed E-state index contributed by atoms with van der Waals surface area (Å²) in [6.45, 7) is 1.02. The van der Waals surface area contributed by atoms with Crippen LogP contribution in [0, 0.1) is 11.3 Å². The van der Waals surface area contributed by atoms with Crippen LogP contribution in [-0.2, 0) is 4.74 Å². The number of methoxy groups -OCH3 is 1. The molecule has 0 atom stereocenters. The monoisotopic (exact) mass is 362 g/mol. The van der Waals surface area contributed by atoms with E-state index in [1.54, 1.807) is 7.11 Å². The van der Waals surface area contributed by atoms with Crippen molar-refractivity contribution in [2.24, 2.45) is 0 Å². The molecule has 0 unspecified atom stereocenters. The van der Waals surface area contributed by atoms with Crippen LogP contribution in [0.4, 0.5) is 0 Å². The lowest BCUT2D eigenvalue weighted by molar-refractivity contribution is 0.146. The molecule has 2 aromatic carbocycles. The van der Waals surface area contributed by atoms with Crippen molar-refractivity contribution in [3.05, 3.63) is 70.5 Å². The predicted octanol–water partition coefficient (Wildman–Crippen LogP) is 4.90. The number of benzene rings is 2. The highest BCUT2D eigenvalue weighted by Gasteiger charge is 2.09. The number of hydrogen-bond donors (Lipinski definition) is 0. The summed E-state index contributed by atoms with van der Waals surface area (Å²) in [5, 5.41) is 12.2. The van der Waals surface area contributed by atoms with E-state index in [4.69, 9.17) is 9.47 Å². The Labute approximate surface area is 157 Å². The molecule has 4 nitrogen and oxygen atoms in total. The molecule has 1 aromatic heterocycles. The summed E-state index contributed by atoms with van der Waals surface area (Å²) in [5.74, 6) is 0.747. The number of hydrogen-bond acceptors (Lipinski definition) is 5. The lowest BCUT2D eigenvalue weighted by Gasteiger charge is -2.06. The Bertz CT molecular complexity index is 926. The largest absolute Gasteiger partial charge is 0.491 e. The molecule has 130 valence electrons. The molecule has 3 aromatic rings. The topological polar surface area (TPSA) is 55.1 Å². The smallest absolute Gasteiger partial charge is 0.134 e. The lowest BCUT2D eigenvalue weighted by Crippen LogP contribution is -2.04. The Morgan fingerprint density at radius 3 is 2.77 bits per heavy atom. The highest BCUT2D eigenvalue weighted by Crippen LogP contribution is 2.27. The average Bonchev–Trinajstić information content (AvgIpc) is 3.17. The highest BCUT2D eigenvalue weighted by molar-refractivity contribution is 7.11. The number of nitrogens with zero attached hydrogens (tertiary/aromatic N) is 2. The van der Waals surface area contributed by atoms with Gasteiger partial charge in [0.25, 0.3) is 0 Å². The maximum Gasteiger partial charge on any atom is 0.134 e. The predicted molar refractivity (Wildman–Crippen MR) is 105 cm³/mol. The summed E-state index contributed by atoms with van der Waals surface area (Å²) >= 11 is 1.47. The van der Waals surface area contributed by atoms with Gasteiger partial charge in [0.2, 0.25) is 0 Å². The Hall–Kier alpha value is -2.94.